The van der Waals surface area contributed by atoms with Crippen LogP contribution in [-0.4, -0.2) is 6.47 Å². The van der Waals surface area contributed by atoms with Gasteiger partial charge in [0.15, 0.2) is 0 Å². The fourth-order valence-electron chi connectivity index (χ4n) is 0. The third-order valence-electron chi connectivity index (χ3n) is 0. The molecular weight excluding hydrogens is 145 g/mol. The fraction of sp³-hybridized carbons (Fsp3) is 0. The van der Waals surface area contributed by atoms with Crippen LogP contribution in [0.25, 0.3) is 0 Å². The Kier molecular flexibility index (Phi) is 95.5. The first-order valence-electron chi connectivity index (χ1n) is 0.471. The van der Waals surface area contributed by atoms with Gasteiger partial charge in [0.2, 0.25) is 0 Å². The molecule has 0 bridgehead atoms. The summed E-state index contributed by atoms with van der Waals surface area (Å²) in [6, 6.07) is 0. The molecule has 0 fully saturated rings. The summed E-state index contributed by atoms with van der Waals surface area (Å²) in [7, 11) is 0. The van der Waals surface area contributed by atoms with Crippen molar-refractivity contribution in [1.29, 1.82) is 0 Å². The fourth-order valence-corrected chi connectivity index (χ4v) is 0. The van der Waals surface area contributed by atoms with Crippen LogP contribution < -0.4 is 17.5 Å². The molecule has 2 nitrogen and oxygen atoms in total. The predicted molar refractivity (Wildman–Crippen MR) is 6.06 cm³/mol. The topological polar surface area (TPSA) is 40.1 Å². The monoisotopic (exact) mass is 144 g/mol. The molecule has 0 aliphatic rings. The van der Waals surface area contributed by atoms with Crippen LogP contribution in [0.5, 0.6) is 0 Å². The smallest absolute Gasteiger partial charge is 1.00 e. The molecule has 0 heterocycles. The minimum Gasteiger partial charge on any atom is -1.00 e. The summed E-state index contributed by atoms with van der Waals surface area (Å²) in [5, 5.41) is 8.25. The van der Waals surface area contributed by atoms with Crippen LogP contribution in [0.3, 0.4) is 0 Å². The quantitative estimate of drug-likeness (QED) is 0.254. The molecule has 5 heavy (non-hydrogen) atoms. The average Bonchev–Trinajstić information content (AvgIpc) is 0.918. The average molecular weight is 146 g/mol. The molecule has 0 N–H and O–H groups in total. The van der Waals surface area contributed by atoms with Crippen LogP contribution in [0.4, 0.5) is 0 Å². The van der Waals surface area contributed by atoms with Gasteiger partial charge in [0.1, 0.15) is 0 Å². The van der Waals surface area contributed by atoms with Crippen LogP contribution >= 0.6 is 0 Å². The van der Waals surface area contributed by atoms with Crippen molar-refractivity contribution in [2.45, 2.75) is 0 Å². The van der Waals surface area contributed by atoms with E-state index in [0.29, 0.717) is 0 Å². The van der Waals surface area contributed by atoms with Gasteiger partial charge in [0, 0.05) is 6.47 Å². The number of carbonyl (C=O) groups is 1. The van der Waals surface area contributed by atoms with Crippen molar-refractivity contribution in [2.75, 3.05) is 0 Å². The molecule has 0 amide bonds. The summed E-state index contributed by atoms with van der Waals surface area (Å²) in [4.78, 5) is 8.25. The largest absolute Gasteiger partial charge is 2.00 e. The molecule has 0 aromatic heterocycles. The van der Waals surface area contributed by atoms with E-state index in [9.17, 15) is 0 Å². The van der Waals surface area contributed by atoms with E-state index < -0.39 is 6.47 Å². The van der Waals surface area contributed by atoms with Crippen molar-refractivity contribution in [3.63, 3.8) is 0 Å². The summed E-state index contributed by atoms with van der Waals surface area (Å²) in [5.74, 6) is 0. The molecule has 0 saturated carbocycles. The molecule has 0 saturated heterocycles. The van der Waals surface area contributed by atoms with Gasteiger partial charge < -0.3 is 22.3 Å². The maximum Gasteiger partial charge on any atom is 2.00 e. The number of hydrogen-bond acceptors (Lipinski definition) is 2. The second-order valence-corrected chi connectivity index (χ2v) is 0.0962. The third kappa shape index (κ3) is 169. The van der Waals surface area contributed by atoms with Crippen molar-refractivity contribution in [2.24, 2.45) is 0 Å². The molecule has 0 spiro atoms. The molecule has 0 unspecified atom stereocenters. The van der Waals surface area contributed by atoms with Crippen LogP contribution in [0, 0.1) is 0 Å². The van der Waals surface area contributed by atoms with Crippen molar-refractivity contribution in [3.05, 3.63) is 0 Å². The van der Waals surface area contributed by atoms with Gasteiger partial charge in [-0.05, 0) is 0 Å². The first kappa shape index (κ1) is 18.2. The summed E-state index contributed by atoms with van der Waals surface area (Å²) in [5.41, 5.74) is 0. The van der Waals surface area contributed by atoms with E-state index in [1.807, 2.05) is 0 Å². The Balaban J connectivity index is -0.0000000200. The normalized spacial score (nSPS) is 2.40. The molecule has 0 aliphatic carbocycles. The van der Waals surface area contributed by atoms with Gasteiger partial charge in [-0.25, -0.2) is 0 Å². The molecule has 0 aromatic rings. The zero-order valence-corrected chi connectivity index (χ0v) is 6.20. The zero-order chi connectivity index (χ0) is 2.71. The van der Waals surface area contributed by atoms with E-state index in [1.54, 1.807) is 0 Å². The Morgan fingerprint density at radius 2 is 1.60 bits per heavy atom. The third-order valence-corrected chi connectivity index (χ3v) is 0. The van der Waals surface area contributed by atoms with Crippen molar-refractivity contribution < 1.29 is 41.8 Å². The van der Waals surface area contributed by atoms with E-state index in [-0.39, 0.29) is 31.9 Å². The number of carbonyl (C=O) groups excluding carboxylic acids is 1. The maximum atomic E-state index is 8.25. The van der Waals surface area contributed by atoms with Gasteiger partial charge in [-0.15, -0.1) is 0 Å². The van der Waals surface area contributed by atoms with Crippen LogP contribution in [0.15, 0.2) is 0 Å². The van der Waals surface area contributed by atoms with E-state index in [0.717, 1.165) is 0 Å². The molecule has 0 atom stereocenters. The van der Waals surface area contributed by atoms with Gasteiger partial charge >= 0.3 is 19.5 Å². The summed E-state index contributed by atoms with van der Waals surface area (Å²) < 4.78 is 0. The number of halogens is 1. The number of carboxylic acid groups (broad SMARTS) is 1. The molecule has 0 aliphatic heterocycles. The molecule has 0 aromatic carbocycles. The molecule has 4 heteroatoms. The number of rotatable bonds is 0. The van der Waals surface area contributed by atoms with Crippen LogP contribution in [0.1, 0.15) is 0 Å². The van der Waals surface area contributed by atoms with Crippen molar-refractivity contribution in [1.82, 2.24) is 0 Å². The van der Waals surface area contributed by atoms with Gasteiger partial charge in [0.05, 0.1) is 0 Å². The standard InChI is InChI=1S/CH2O2.ClH.Zn/c2-1-3;;/h1H,(H,2,3);1H;/q;;+2/p-2. The summed E-state index contributed by atoms with van der Waals surface area (Å²) in [6.07, 6.45) is 0. The Labute approximate surface area is 48.7 Å². The summed E-state index contributed by atoms with van der Waals surface area (Å²) >= 11 is 0. The second kappa shape index (κ2) is 26.2. The molecule has 0 radical (unpaired) electrons. The van der Waals surface area contributed by atoms with Gasteiger partial charge in [-0.1, -0.05) is 0 Å². The van der Waals surface area contributed by atoms with Crippen LogP contribution in [0.2, 0.25) is 0 Å². The van der Waals surface area contributed by atoms with E-state index >= 15 is 0 Å². The van der Waals surface area contributed by atoms with E-state index in [1.165, 1.54) is 0 Å². The number of hydrogen-bond donors (Lipinski definition) is 0. The van der Waals surface area contributed by atoms with Gasteiger partial charge in [-0.2, -0.15) is 0 Å². The first-order chi connectivity index (χ1) is 1.41. The Morgan fingerprint density at radius 1 is 1.60 bits per heavy atom. The minimum atomic E-state index is -0.500. The first-order valence-corrected chi connectivity index (χ1v) is 0.471. The predicted octanol–water partition coefficient (Wildman–Crippen LogP) is -4.63. The second-order valence-electron chi connectivity index (χ2n) is 0.0962. The molecular formula is CHClO2Zn. The minimum absolute atomic E-state index is 0. The maximum absolute atomic E-state index is 8.25. The van der Waals surface area contributed by atoms with Gasteiger partial charge in [0.25, 0.3) is 0 Å². The Morgan fingerprint density at radius 3 is 1.60 bits per heavy atom. The Bertz CT molecular complexity index is 17.1. The van der Waals surface area contributed by atoms with Crippen molar-refractivity contribution in [3.8, 4) is 0 Å². The van der Waals surface area contributed by atoms with Crippen molar-refractivity contribution >= 4 is 6.47 Å². The van der Waals surface area contributed by atoms with Gasteiger partial charge in [-0.3, -0.25) is 0 Å². The van der Waals surface area contributed by atoms with Crippen LogP contribution in [-0.2, 0) is 24.3 Å². The van der Waals surface area contributed by atoms with E-state index in [4.69, 9.17) is 9.90 Å². The molecule has 26 valence electrons. The Hall–Kier alpha value is 0.383. The zero-order valence-electron chi connectivity index (χ0n) is 2.48. The molecule has 0 rings (SSSR count). The summed E-state index contributed by atoms with van der Waals surface area (Å²) in [6.45, 7) is -0.500. The SMILES string of the molecule is O=C[O-].[Cl-].[Zn+2]. The van der Waals surface area contributed by atoms with E-state index in [2.05, 4.69) is 0 Å².